The molecule has 0 radical (unpaired) electrons. The molecule has 0 heterocycles. The van der Waals surface area contributed by atoms with Gasteiger partial charge in [0.2, 0.25) is 0 Å². The number of likely N-dealkylation sites (N-methyl/N-ethyl adjacent to an activating group) is 1. The summed E-state index contributed by atoms with van der Waals surface area (Å²) in [5, 5.41) is 12.3. The Labute approximate surface area is 112 Å². The molecule has 0 bridgehead atoms. The molecule has 0 rings (SSSR count). The number of carboxylic acid groups (broad SMARTS) is 1. The van der Waals surface area contributed by atoms with Gasteiger partial charge < -0.3 is 15.3 Å². The predicted octanol–water partition coefficient (Wildman–Crippen LogP) is 2.34. The van der Waals surface area contributed by atoms with Crippen molar-refractivity contribution in [2.45, 2.75) is 65.0 Å². The zero-order valence-electron chi connectivity index (χ0n) is 12.6. The van der Waals surface area contributed by atoms with Gasteiger partial charge in [0.1, 0.15) is 5.54 Å². The second-order valence-corrected chi connectivity index (χ2v) is 5.36. The molecule has 0 aliphatic heterocycles. The number of nitrogens with one attached hydrogen (secondary N) is 1. The van der Waals surface area contributed by atoms with E-state index < -0.39 is 11.5 Å². The Morgan fingerprint density at radius 3 is 2.44 bits per heavy atom. The summed E-state index contributed by atoms with van der Waals surface area (Å²) in [5.74, 6) is -0.750. The number of unbranched alkanes of at least 4 members (excludes halogenated alkanes) is 1. The lowest BCUT2D eigenvalue weighted by molar-refractivity contribution is -0.144. The lowest BCUT2D eigenvalue weighted by Crippen LogP contribution is -2.49. The van der Waals surface area contributed by atoms with Gasteiger partial charge >= 0.3 is 5.97 Å². The van der Waals surface area contributed by atoms with Crippen molar-refractivity contribution < 1.29 is 9.90 Å². The van der Waals surface area contributed by atoms with Gasteiger partial charge in [0.05, 0.1) is 0 Å². The van der Waals surface area contributed by atoms with Gasteiger partial charge in [-0.25, -0.2) is 0 Å². The van der Waals surface area contributed by atoms with Crippen molar-refractivity contribution in [3.8, 4) is 0 Å². The fourth-order valence-corrected chi connectivity index (χ4v) is 2.03. The third-order valence-electron chi connectivity index (χ3n) is 3.82. The third kappa shape index (κ3) is 5.83. The maximum atomic E-state index is 11.2. The minimum absolute atomic E-state index is 0.602. The maximum absolute atomic E-state index is 11.2. The van der Waals surface area contributed by atoms with E-state index in [0.717, 1.165) is 25.8 Å². The van der Waals surface area contributed by atoms with Gasteiger partial charge in [-0.1, -0.05) is 13.8 Å². The average molecular weight is 258 g/mol. The first-order chi connectivity index (χ1) is 8.37. The fraction of sp³-hybridized carbons (Fsp3) is 0.929. The Morgan fingerprint density at radius 1 is 1.39 bits per heavy atom. The van der Waals surface area contributed by atoms with Crippen LogP contribution in [0.4, 0.5) is 0 Å². The van der Waals surface area contributed by atoms with E-state index >= 15 is 0 Å². The van der Waals surface area contributed by atoms with Gasteiger partial charge in [-0.3, -0.25) is 4.79 Å². The topological polar surface area (TPSA) is 52.6 Å². The van der Waals surface area contributed by atoms with Gasteiger partial charge in [-0.2, -0.15) is 0 Å². The molecule has 0 fully saturated rings. The zero-order valence-corrected chi connectivity index (χ0v) is 12.6. The first kappa shape index (κ1) is 17.4. The van der Waals surface area contributed by atoms with Crippen LogP contribution in [0.2, 0.25) is 0 Å². The van der Waals surface area contributed by atoms with Crippen LogP contribution in [0, 0.1) is 0 Å². The summed E-state index contributed by atoms with van der Waals surface area (Å²) in [6.45, 7) is 9.86. The van der Waals surface area contributed by atoms with Crippen molar-refractivity contribution in [2.75, 3.05) is 20.1 Å². The van der Waals surface area contributed by atoms with E-state index in [1.165, 1.54) is 0 Å². The highest BCUT2D eigenvalue weighted by Gasteiger charge is 2.31. The van der Waals surface area contributed by atoms with Crippen LogP contribution in [-0.2, 0) is 4.79 Å². The largest absolute Gasteiger partial charge is 0.480 e. The van der Waals surface area contributed by atoms with E-state index in [4.69, 9.17) is 0 Å². The predicted molar refractivity (Wildman–Crippen MR) is 76.0 cm³/mol. The molecule has 2 atom stereocenters. The van der Waals surface area contributed by atoms with Crippen molar-refractivity contribution in [3.05, 3.63) is 0 Å². The highest BCUT2D eigenvalue weighted by Crippen LogP contribution is 2.15. The van der Waals surface area contributed by atoms with Crippen molar-refractivity contribution in [1.82, 2.24) is 10.2 Å². The molecular formula is C14H30N2O2. The summed E-state index contributed by atoms with van der Waals surface area (Å²) in [7, 11) is 2.13. The van der Waals surface area contributed by atoms with E-state index in [0.29, 0.717) is 19.0 Å². The first-order valence-electron chi connectivity index (χ1n) is 7.06. The Bertz CT molecular complexity index is 246. The van der Waals surface area contributed by atoms with E-state index in [-0.39, 0.29) is 0 Å². The molecule has 2 unspecified atom stereocenters. The van der Waals surface area contributed by atoms with Crippen molar-refractivity contribution in [3.63, 3.8) is 0 Å². The molecule has 0 aliphatic rings. The lowest BCUT2D eigenvalue weighted by Gasteiger charge is -2.27. The van der Waals surface area contributed by atoms with E-state index in [1.807, 2.05) is 6.92 Å². The van der Waals surface area contributed by atoms with Crippen LogP contribution < -0.4 is 5.32 Å². The van der Waals surface area contributed by atoms with Gasteiger partial charge in [0, 0.05) is 6.04 Å². The number of hydrogen-bond acceptors (Lipinski definition) is 3. The molecule has 4 nitrogen and oxygen atoms in total. The van der Waals surface area contributed by atoms with Gasteiger partial charge in [0.15, 0.2) is 0 Å². The van der Waals surface area contributed by atoms with Crippen LogP contribution in [0.5, 0.6) is 0 Å². The minimum Gasteiger partial charge on any atom is -0.480 e. The number of rotatable bonds is 10. The molecule has 0 aromatic heterocycles. The second kappa shape index (κ2) is 8.48. The normalized spacial score (nSPS) is 16.6. The molecule has 0 saturated carbocycles. The molecule has 0 aromatic carbocycles. The summed E-state index contributed by atoms with van der Waals surface area (Å²) in [6.07, 6.45) is 3.83. The number of carbonyl (C=O) groups is 1. The van der Waals surface area contributed by atoms with Crippen LogP contribution >= 0.6 is 0 Å². The van der Waals surface area contributed by atoms with Gasteiger partial charge in [0.25, 0.3) is 0 Å². The lowest BCUT2D eigenvalue weighted by atomic mass is 9.94. The maximum Gasteiger partial charge on any atom is 0.323 e. The first-order valence-corrected chi connectivity index (χ1v) is 7.06. The third-order valence-corrected chi connectivity index (χ3v) is 3.82. The van der Waals surface area contributed by atoms with Crippen LogP contribution in [0.25, 0.3) is 0 Å². The summed E-state index contributed by atoms with van der Waals surface area (Å²) in [6, 6.07) is 0.602. The summed E-state index contributed by atoms with van der Waals surface area (Å²) in [5.41, 5.74) is -0.774. The molecule has 108 valence electrons. The van der Waals surface area contributed by atoms with E-state index in [2.05, 4.69) is 31.1 Å². The molecular weight excluding hydrogens is 228 g/mol. The summed E-state index contributed by atoms with van der Waals surface area (Å²) >= 11 is 0. The second-order valence-electron chi connectivity index (χ2n) is 5.36. The molecule has 18 heavy (non-hydrogen) atoms. The molecule has 2 N–H and O–H groups in total. The van der Waals surface area contributed by atoms with E-state index in [1.54, 1.807) is 6.92 Å². The van der Waals surface area contributed by atoms with E-state index in [9.17, 15) is 9.90 Å². The minimum atomic E-state index is -0.774. The number of aliphatic carboxylic acids is 1. The molecule has 4 heteroatoms. The quantitative estimate of drug-likeness (QED) is 0.591. The van der Waals surface area contributed by atoms with Crippen molar-refractivity contribution in [2.24, 2.45) is 0 Å². The molecule has 0 amide bonds. The van der Waals surface area contributed by atoms with Crippen LogP contribution in [0.1, 0.15) is 53.4 Å². The monoisotopic (exact) mass is 258 g/mol. The van der Waals surface area contributed by atoms with Crippen LogP contribution in [0.15, 0.2) is 0 Å². The SMILES string of the molecule is CCNC(C)(CCCCN(C)C(C)CC)C(=O)O. The molecule has 0 saturated heterocycles. The van der Waals surface area contributed by atoms with Gasteiger partial charge in [-0.15, -0.1) is 0 Å². The highest BCUT2D eigenvalue weighted by atomic mass is 16.4. The average Bonchev–Trinajstić information content (AvgIpc) is 2.33. The Balaban J connectivity index is 3.98. The number of hydrogen-bond donors (Lipinski definition) is 2. The van der Waals surface area contributed by atoms with Crippen LogP contribution in [-0.4, -0.2) is 47.7 Å². The highest BCUT2D eigenvalue weighted by molar-refractivity contribution is 5.78. The van der Waals surface area contributed by atoms with Crippen molar-refractivity contribution in [1.29, 1.82) is 0 Å². The standard InChI is InChI=1S/C14H30N2O2/c1-6-12(3)16(5)11-9-8-10-14(4,13(17)18)15-7-2/h12,15H,6-11H2,1-5H3,(H,17,18). The van der Waals surface area contributed by atoms with Gasteiger partial charge in [-0.05, 0) is 59.7 Å². The summed E-state index contributed by atoms with van der Waals surface area (Å²) in [4.78, 5) is 13.6. The Hall–Kier alpha value is -0.610. The zero-order chi connectivity index (χ0) is 14.2. The molecule has 0 aliphatic carbocycles. The molecule has 0 aromatic rings. The van der Waals surface area contributed by atoms with Crippen LogP contribution in [0.3, 0.4) is 0 Å². The molecule has 0 spiro atoms. The Kier molecular flexibility index (Phi) is 8.20. The number of nitrogens with zero attached hydrogens (tertiary/aromatic N) is 1. The van der Waals surface area contributed by atoms with Crippen molar-refractivity contribution >= 4 is 5.97 Å². The Morgan fingerprint density at radius 2 is 2.00 bits per heavy atom. The number of carboxylic acids is 1. The fourth-order valence-electron chi connectivity index (χ4n) is 2.03. The smallest absolute Gasteiger partial charge is 0.323 e. The summed E-state index contributed by atoms with van der Waals surface area (Å²) < 4.78 is 0.